The molecule has 0 saturated heterocycles. The third-order valence-electron chi connectivity index (χ3n) is 5.68. The number of rotatable bonds is 6. The van der Waals surface area contributed by atoms with E-state index in [1.54, 1.807) is 18.9 Å². The van der Waals surface area contributed by atoms with E-state index in [-0.39, 0.29) is 23.0 Å². The van der Waals surface area contributed by atoms with Crippen molar-refractivity contribution in [3.63, 3.8) is 0 Å². The lowest BCUT2D eigenvalue weighted by atomic mass is 9.94. The first-order chi connectivity index (χ1) is 16.3. The van der Waals surface area contributed by atoms with Gasteiger partial charge in [0.15, 0.2) is 17.5 Å². The first kappa shape index (κ1) is 23.5. The van der Waals surface area contributed by atoms with E-state index >= 15 is 0 Å². The van der Waals surface area contributed by atoms with Crippen molar-refractivity contribution < 1.29 is 37.5 Å². The summed E-state index contributed by atoms with van der Waals surface area (Å²) in [6, 6.07) is 12.7. The highest BCUT2D eigenvalue weighted by Crippen LogP contribution is 2.44. The van der Waals surface area contributed by atoms with Crippen molar-refractivity contribution in [1.82, 2.24) is 0 Å². The van der Waals surface area contributed by atoms with Crippen LogP contribution < -0.4 is 24.0 Å². The van der Waals surface area contributed by atoms with Gasteiger partial charge in [-0.25, -0.2) is 14.3 Å². The van der Waals surface area contributed by atoms with Crippen molar-refractivity contribution in [2.75, 3.05) is 26.2 Å². The standard InChI is InChI=1S/C24H22F2N2O5S/c1-13-18(22(30)32-4)19(15-10-11-16(33-23(25)26)17(12-15)31-3)28-21(29)20(34-24(28)27(13)2)14-8-6-5-7-9-14/h5-12,19,23H,1-4H3. The average Bonchev–Trinajstić information content (AvgIpc) is 3.18. The van der Waals surface area contributed by atoms with E-state index in [0.29, 0.717) is 21.3 Å². The number of aromatic nitrogens is 1. The molecule has 3 aromatic rings. The molecule has 0 N–H and O–H groups in total. The largest absolute Gasteiger partial charge is 0.841 e. The maximum Gasteiger partial charge on any atom is 0.387 e. The van der Waals surface area contributed by atoms with Crippen LogP contribution in [0.4, 0.5) is 13.9 Å². The number of allylic oxidation sites excluding steroid dienone is 1. The van der Waals surface area contributed by atoms with Crippen LogP contribution in [0, 0.1) is 0 Å². The fraction of sp³-hybridized carbons (Fsp3) is 0.250. The van der Waals surface area contributed by atoms with Gasteiger partial charge in [-0.3, -0.25) is 0 Å². The number of halogens is 2. The molecule has 0 saturated carbocycles. The molecule has 2 heterocycles. The van der Waals surface area contributed by atoms with Gasteiger partial charge >= 0.3 is 17.7 Å². The van der Waals surface area contributed by atoms with Crippen molar-refractivity contribution in [3.05, 3.63) is 65.4 Å². The van der Waals surface area contributed by atoms with Gasteiger partial charge in [0.1, 0.15) is 11.3 Å². The maximum absolute atomic E-state index is 13.7. The van der Waals surface area contributed by atoms with E-state index in [4.69, 9.17) is 9.47 Å². The van der Waals surface area contributed by atoms with Crippen LogP contribution in [-0.4, -0.2) is 33.8 Å². The fourth-order valence-electron chi connectivity index (χ4n) is 3.99. The van der Waals surface area contributed by atoms with Gasteiger partial charge in [0.05, 0.1) is 32.0 Å². The molecule has 1 atom stereocenters. The number of esters is 1. The molecule has 0 bridgehead atoms. The fourth-order valence-corrected chi connectivity index (χ4v) is 5.18. The number of alkyl halides is 2. The predicted octanol–water partition coefficient (Wildman–Crippen LogP) is 3.87. The van der Waals surface area contributed by atoms with Crippen LogP contribution in [0.2, 0.25) is 0 Å². The molecule has 2 aromatic carbocycles. The second-order valence-electron chi connectivity index (χ2n) is 7.50. The zero-order valence-corrected chi connectivity index (χ0v) is 19.7. The lowest BCUT2D eigenvalue weighted by molar-refractivity contribution is -0.728. The van der Waals surface area contributed by atoms with Gasteiger partial charge in [-0.1, -0.05) is 36.4 Å². The van der Waals surface area contributed by atoms with Gasteiger partial charge < -0.3 is 19.3 Å². The number of carbonyl (C=O) groups excluding carboxylic acids is 1. The van der Waals surface area contributed by atoms with Crippen molar-refractivity contribution in [2.45, 2.75) is 19.6 Å². The summed E-state index contributed by atoms with van der Waals surface area (Å²) in [4.78, 5) is 15.2. The highest BCUT2D eigenvalue weighted by Gasteiger charge is 2.43. The lowest BCUT2D eigenvalue weighted by Crippen LogP contribution is -2.51. The van der Waals surface area contributed by atoms with Crippen molar-refractivity contribution >= 4 is 22.4 Å². The highest BCUT2D eigenvalue weighted by molar-refractivity contribution is 7.18. The van der Waals surface area contributed by atoms with Crippen LogP contribution in [-0.2, 0) is 9.53 Å². The molecule has 0 fully saturated rings. The Hall–Kier alpha value is -3.66. The Morgan fingerprint density at radius 2 is 1.85 bits per heavy atom. The SMILES string of the molecule is COC(=O)C1=C(C)N(C)c2sc(-c3ccccc3)c([O-])[n+]2C1c1ccc(OC(F)F)c(OC)c1. The Morgan fingerprint density at radius 3 is 2.47 bits per heavy atom. The molecule has 10 heteroatoms. The van der Waals surface area contributed by atoms with E-state index in [9.17, 15) is 18.7 Å². The van der Waals surface area contributed by atoms with E-state index in [2.05, 4.69) is 4.74 Å². The Balaban J connectivity index is 1.96. The van der Waals surface area contributed by atoms with Gasteiger partial charge in [-0.2, -0.15) is 8.78 Å². The normalized spacial score (nSPS) is 15.4. The van der Waals surface area contributed by atoms with Crippen LogP contribution in [0.1, 0.15) is 18.5 Å². The highest BCUT2D eigenvalue weighted by atomic mass is 32.1. The molecule has 4 rings (SSSR count). The summed E-state index contributed by atoms with van der Waals surface area (Å²) >= 11 is 1.30. The minimum absolute atomic E-state index is 0.0479. The minimum atomic E-state index is -3.03. The molecule has 0 spiro atoms. The van der Waals surface area contributed by atoms with Crippen LogP contribution in [0.25, 0.3) is 10.4 Å². The number of anilines is 1. The second kappa shape index (κ2) is 9.30. The zero-order valence-electron chi connectivity index (χ0n) is 18.9. The van der Waals surface area contributed by atoms with Gasteiger partial charge in [0.2, 0.25) is 0 Å². The van der Waals surface area contributed by atoms with Gasteiger partial charge in [-0.15, -0.1) is 0 Å². The van der Waals surface area contributed by atoms with Crippen LogP contribution in [0.15, 0.2) is 59.8 Å². The maximum atomic E-state index is 13.7. The molecule has 0 aliphatic carbocycles. The molecule has 1 aliphatic heterocycles. The van der Waals surface area contributed by atoms with E-state index in [1.165, 1.54) is 48.3 Å². The molecule has 0 amide bonds. The summed E-state index contributed by atoms with van der Waals surface area (Å²) in [6.07, 6.45) is 0. The monoisotopic (exact) mass is 488 g/mol. The number of nitrogens with zero attached hydrogens (tertiary/aromatic N) is 2. The van der Waals surface area contributed by atoms with Crippen LogP contribution in [0.5, 0.6) is 17.4 Å². The molecule has 34 heavy (non-hydrogen) atoms. The molecular weight excluding hydrogens is 466 g/mol. The Kier molecular flexibility index (Phi) is 6.43. The molecule has 1 aromatic heterocycles. The second-order valence-corrected chi connectivity index (χ2v) is 8.47. The van der Waals surface area contributed by atoms with Crippen LogP contribution >= 0.6 is 11.3 Å². The Labute approximate surface area is 199 Å². The minimum Gasteiger partial charge on any atom is -0.841 e. The van der Waals surface area contributed by atoms with E-state index < -0.39 is 18.6 Å². The third kappa shape index (κ3) is 3.94. The topological polar surface area (TPSA) is 74.9 Å². The molecule has 1 aliphatic rings. The van der Waals surface area contributed by atoms with Gasteiger partial charge in [0.25, 0.3) is 0 Å². The summed E-state index contributed by atoms with van der Waals surface area (Å²) < 4.78 is 42.0. The predicted molar refractivity (Wildman–Crippen MR) is 120 cm³/mol. The average molecular weight is 489 g/mol. The van der Waals surface area contributed by atoms with Crippen molar-refractivity contribution in [2.24, 2.45) is 0 Å². The summed E-state index contributed by atoms with van der Waals surface area (Å²) in [7, 11) is 4.36. The molecule has 7 nitrogen and oxygen atoms in total. The number of hydrogen-bond acceptors (Lipinski definition) is 7. The molecule has 1 unspecified atom stereocenters. The number of thiazole rings is 1. The summed E-state index contributed by atoms with van der Waals surface area (Å²) in [5, 5.41) is 14.3. The van der Waals surface area contributed by atoms with Crippen molar-refractivity contribution in [3.8, 4) is 27.8 Å². The zero-order chi connectivity index (χ0) is 24.6. The number of ether oxygens (including phenoxy) is 3. The van der Waals surface area contributed by atoms with Gasteiger partial charge in [0, 0.05) is 5.56 Å². The molecular formula is C24H22F2N2O5S. The lowest BCUT2D eigenvalue weighted by Gasteiger charge is -2.29. The number of fused-ring (bicyclic) bond motifs is 1. The van der Waals surface area contributed by atoms with E-state index in [0.717, 1.165) is 5.56 Å². The van der Waals surface area contributed by atoms with Gasteiger partial charge in [-0.05, 0) is 36.0 Å². The number of carbonyl (C=O) groups is 1. The Morgan fingerprint density at radius 1 is 1.15 bits per heavy atom. The number of benzene rings is 2. The third-order valence-corrected chi connectivity index (χ3v) is 6.95. The summed E-state index contributed by atoms with van der Waals surface area (Å²) in [5.74, 6) is -1.00. The number of methoxy groups -OCH3 is 2. The molecule has 0 radical (unpaired) electrons. The van der Waals surface area contributed by atoms with Crippen molar-refractivity contribution in [1.29, 1.82) is 0 Å². The van der Waals surface area contributed by atoms with Crippen LogP contribution in [0.3, 0.4) is 0 Å². The quantitative estimate of drug-likeness (QED) is 0.387. The summed E-state index contributed by atoms with van der Waals surface area (Å²) in [6.45, 7) is -1.27. The van der Waals surface area contributed by atoms with E-state index in [1.807, 2.05) is 30.3 Å². The summed E-state index contributed by atoms with van der Waals surface area (Å²) in [5.41, 5.74) is 2.08. The first-order valence-electron chi connectivity index (χ1n) is 10.2. The first-order valence-corrected chi connectivity index (χ1v) is 11.1. The Bertz CT molecular complexity index is 1260. The molecule has 178 valence electrons. The smallest absolute Gasteiger partial charge is 0.387 e. The number of hydrogen-bond donors (Lipinski definition) is 0.